The highest BCUT2D eigenvalue weighted by molar-refractivity contribution is 14.0. The van der Waals surface area contributed by atoms with Gasteiger partial charge in [-0.2, -0.15) is 11.8 Å². The molecule has 0 bridgehead atoms. The van der Waals surface area contributed by atoms with Crippen molar-refractivity contribution in [1.82, 2.24) is 10.6 Å². The Morgan fingerprint density at radius 1 is 1.29 bits per heavy atom. The fourth-order valence-corrected chi connectivity index (χ4v) is 1.86. The van der Waals surface area contributed by atoms with Gasteiger partial charge in [0.15, 0.2) is 5.96 Å². The maximum atomic E-state index is 5.82. The second-order valence-electron chi connectivity index (χ2n) is 3.98. The highest BCUT2D eigenvalue weighted by Gasteiger charge is 1.97. The Bertz CT molecular complexity index is 404. The monoisotopic (exact) mass is 443 g/mol. The van der Waals surface area contributed by atoms with Crippen molar-refractivity contribution >= 4 is 53.3 Å². The van der Waals surface area contributed by atoms with Crippen molar-refractivity contribution < 1.29 is 4.74 Å². The minimum Gasteiger partial charge on any atom is -0.492 e. The van der Waals surface area contributed by atoms with E-state index in [9.17, 15) is 0 Å². The number of thioether (sulfide) groups is 1. The van der Waals surface area contributed by atoms with E-state index in [1.807, 2.05) is 24.3 Å². The molecule has 0 amide bonds. The van der Waals surface area contributed by atoms with E-state index in [2.05, 4.69) is 28.8 Å². The summed E-state index contributed by atoms with van der Waals surface area (Å²) in [5, 5.41) is 7.16. The third-order valence-electron chi connectivity index (χ3n) is 2.39. The van der Waals surface area contributed by atoms with Gasteiger partial charge in [0.25, 0.3) is 0 Å². The Morgan fingerprint density at radius 3 is 2.62 bits per heavy atom. The topological polar surface area (TPSA) is 45.7 Å². The molecule has 0 saturated carbocycles. The number of guanidine groups is 1. The third kappa shape index (κ3) is 10.1. The molecule has 0 fully saturated rings. The van der Waals surface area contributed by atoms with Crippen LogP contribution in [0.1, 0.15) is 6.92 Å². The second-order valence-corrected chi connectivity index (χ2v) is 5.40. The van der Waals surface area contributed by atoms with Crippen LogP contribution in [0.25, 0.3) is 0 Å². The van der Waals surface area contributed by atoms with Crippen LogP contribution in [0.15, 0.2) is 29.3 Å². The maximum absolute atomic E-state index is 5.82. The molecule has 120 valence electrons. The van der Waals surface area contributed by atoms with Crippen LogP contribution in [0, 0.1) is 0 Å². The summed E-state index contributed by atoms with van der Waals surface area (Å²) in [5.74, 6) is 2.68. The SMILES string of the molecule is CCNC(=NCCSC)NCCOc1ccc(Cl)cc1.I. The van der Waals surface area contributed by atoms with Crippen LogP contribution in [0.5, 0.6) is 5.75 Å². The molecule has 1 aromatic rings. The molecule has 21 heavy (non-hydrogen) atoms. The van der Waals surface area contributed by atoms with Gasteiger partial charge in [-0.25, -0.2) is 0 Å². The molecule has 0 atom stereocenters. The van der Waals surface area contributed by atoms with E-state index in [0.29, 0.717) is 18.2 Å². The molecule has 0 unspecified atom stereocenters. The lowest BCUT2D eigenvalue weighted by Gasteiger charge is -2.12. The lowest BCUT2D eigenvalue weighted by Crippen LogP contribution is -2.39. The van der Waals surface area contributed by atoms with Gasteiger partial charge < -0.3 is 15.4 Å². The summed E-state index contributed by atoms with van der Waals surface area (Å²) in [6.07, 6.45) is 2.08. The van der Waals surface area contributed by atoms with E-state index >= 15 is 0 Å². The molecular weight excluding hydrogens is 421 g/mol. The predicted octanol–water partition coefficient (Wildman–Crippen LogP) is 3.25. The molecule has 0 aliphatic rings. The summed E-state index contributed by atoms with van der Waals surface area (Å²) in [4.78, 5) is 4.46. The number of aliphatic imine (C=N–C) groups is 1. The van der Waals surface area contributed by atoms with Crippen molar-refractivity contribution in [3.63, 3.8) is 0 Å². The number of rotatable bonds is 8. The molecule has 0 spiro atoms. The molecule has 1 aromatic carbocycles. The molecule has 0 heterocycles. The molecule has 0 aliphatic carbocycles. The molecular formula is C14H23ClIN3OS. The zero-order chi connectivity index (χ0) is 14.6. The van der Waals surface area contributed by atoms with E-state index in [0.717, 1.165) is 30.6 Å². The first-order chi connectivity index (χ1) is 9.76. The van der Waals surface area contributed by atoms with Gasteiger partial charge in [0, 0.05) is 17.3 Å². The van der Waals surface area contributed by atoms with Gasteiger partial charge in [0.05, 0.1) is 13.1 Å². The fourth-order valence-electron chi connectivity index (χ4n) is 1.46. The van der Waals surface area contributed by atoms with E-state index in [-0.39, 0.29) is 24.0 Å². The standard InChI is InChI=1S/C14H22ClN3OS.HI/c1-3-16-14(18-9-11-20-2)17-8-10-19-13-6-4-12(15)5-7-13;/h4-7H,3,8-11H2,1-2H3,(H2,16,17,18);1H. The average molecular weight is 444 g/mol. The van der Waals surface area contributed by atoms with Gasteiger partial charge in [-0.15, -0.1) is 24.0 Å². The molecule has 0 radical (unpaired) electrons. The van der Waals surface area contributed by atoms with Gasteiger partial charge in [0.1, 0.15) is 12.4 Å². The Morgan fingerprint density at radius 2 is 2.00 bits per heavy atom. The normalized spacial score (nSPS) is 10.7. The van der Waals surface area contributed by atoms with Crippen molar-refractivity contribution in [2.45, 2.75) is 6.92 Å². The number of halogens is 2. The van der Waals surface area contributed by atoms with Gasteiger partial charge in [-0.05, 0) is 37.4 Å². The lowest BCUT2D eigenvalue weighted by atomic mass is 10.3. The van der Waals surface area contributed by atoms with E-state index in [4.69, 9.17) is 16.3 Å². The number of ether oxygens (including phenoxy) is 1. The van der Waals surface area contributed by atoms with Gasteiger partial charge >= 0.3 is 0 Å². The molecule has 2 N–H and O–H groups in total. The lowest BCUT2D eigenvalue weighted by molar-refractivity contribution is 0.322. The molecule has 4 nitrogen and oxygen atoms in total. The Hall–Kier alpha value is -0.340. The van der Waals surface area contributed by atoms with E-state index in [1.165, 1.54) is 0 Å². The van der Waals surface area contributed by atoms with Crippen LogP contribution in [-0.2, 0) is 0 Å². The Kier molecular flexibility index (Phi) is 13.1. The van der Waals surface area contributed by atoms with Crippen molar-refractivity contribution in [3.05, 3.63) is 29.3 Å². The van der Waals surface area contributed by atoms with Crippen molar-refractivity contribution in [2.24, 2.45) is 4.99 Å². The number of hydrogen-bond donors (Lipinski definition) is 2. The third-order valence-corrected chi connectivity index (χ3v) is 3.23. The maximum Gasteiger partial charge on any atom is 0.191 e. The van der Waals surface area contributed by atoms with E-state index in [1.54, 1.807) is 11.8 Å². The first-order valence-corrected chi connectivity index (χ1v) is 8.43. The number of nitrogens with one attached hydrogen (secondary N) is 2. The molecule has 0 aromatic heterocycles. The van der Waals surface area contributed by atoms with Crippen molar-refractivity contribution in [2.75, 3.05) is 38.2 Å². The largest absolute Gasteiger partial charge is 0.492 e. The Balaban J connectivity index is 0.00000400. The van der Waals surface area contributed by atoms with Gasteiger partial charge in [-0.1, -0.05) is 11.6 Å². The average Bonchev–Trinajstić information content (AvgIpc) is 2.45. The Labute approximate surface area is 153 Å². The zero-order valence-corrected chi connectivity index (χ0v) is 16.3. The summed E-state index contributed by atoms with van der Waals surface area (Å²) < 4.78 is 5.61. The summed E-state index contributed by atoms with van der Waals surface area (Å²) >= 11 is 7.61. The van der Waals surface area contributed by atoms with Crippen LogP contribution < -0.4 is 15.4 Å². The molecule has 0 aliphatic heterocycles. The van der Waals surface area contributed by atoms with Crippen LogP contribution in [0.3, 0.4) is 0 Å². The van der Waals surface area contributed by atoms with E-state index < -0.39 is 0 Å². The summed E-state index contributed by atoms with van der Waals surface area (Å²) in [6, 6.07) is 7.36. The number of nitrogens with zero attached hydrogens (tertiary/aromatic N) is 1. The smallest absolute Gasteiger partial charge is 0.191 e. The fraction of sp³-hybridized carbons (Fsp3) is 0.500. The highest BCUT2D eigenvalue weighted by atomic mass is 127. The first kappa shape index (κ1) is 20.7. The van der Waals surface area contributed by atoms with Crippen molar-refractivity contribution in [3.8, 4) is 5.75 Å². The van der Waals surface area contributed by atoms with Crippen molar-refractivity contribution in [1.29, 1.82) is 0 Å². The van der Waals surface area contributed by atoms with Crippen LogP contribution in [0.2, 0.25) is 5.02 Å². The zero-order valence-electron chi connectivity index (χ0n) is 12.4. The molecule has 0 saturated heterocycles. The molecule has 7 heteroatoms. The highest BCUT2D eigenvalue weighted by Crippen LogP contribution is 2.14. The quantitative estimate of drug-likeness (QED) is 0.280. The second kappa shape index (κ2) is 13.3. The summed E-state index contributed by atoms with van der Waals surface area (Å²) in [5.41, 5.74) is 0. The minimum absolute atomic E-state index is 0. The minimum atomic E-state index is 0. The predicted molar refractivity (Wildman–Crippen MR) is 105 cm³/mol. The van der Waals surface area contributed by atoms with Gasteiger partial charge in [-0.3, -0.25) is 4.99 Å². The van der Waals surface area contributed by atoms with Crippen LogP contribution >= 0.6 is 47.3 Å². The molecule has 1 rings (SSSR count). The number of hydrogen-bond acceptors (Lipinski definition) is 3. The first-order valence-electron chi connectivity index (χ1n) is 6.65. The summed E-state index contributed by atoms with van der Waals surface area (Å²) in [6.45, 7) is 5.00. The van der Waals surface area contributed by atoms with Crippen LogP contribution in [-0.4, -0.2) is 44.2 Å². The number of benzene rings is 1. The van der Waals surface area contributed by atoms with Crippen LogP contribution in [0.4, 0.5) is 0 Å². The van der Waals surface area contributed by atoms with Gasteiger partial charge in [0.2, 0.25) is 0 Å². The summed E-state index contributed by atoms with van der Waals surface area (Å²) in [7, 11) is 0.